The molecule has 0 fully saturated rings. The highest BCUT2D eigenvalue weighted by atomic mass is 19.1. The third-order valence-electron chi connectivity index (χ3n) is 2.72. The third-order valence-corrected chi connectivity index (χ3v) is 2.72. The fourth-order valence-corrected chi connectivity index (χ4v) is 1.84. The van der Waals surface area contributed by atoms with Crippen LogP contribution in [0.4, 0.5) is 20.2 Å². The molecule has 21 heavy (non-hydrogen) atoms. The maximum atomic E-state index is 13.5. The first-order chi connectivity index (χ1) is 9.91. The molecule has 2 aromatic rings. The number of rotatable bonds is 4. The lowest BCUT2D eigenvalue weighted by Crippen LogP contribution is -2.09. The topological polar surface area (TPSA) is 86.6 Å². The largest absolute Gasteiger partial charge is 0.478 e. The Labute approximate surface area is 117 Å². The van der Waals surface area contributed by atoms with Crippen molar-refractivity contribution >= 4 is 23.3 Å². The standard InChI is InChI=1S/C14H9F2NO4/c15-7-3-1-5-9(11(7)13(18)19)17-10-6-2-4-8(16)12(10)14(20)21/h1-6,17H,(H,18,19)(H,20,21). The molecule has 0 saturated carbocycles. The van der Waals surface area contributed by atoms with Crippen LogP contribution in [0, 0.1) is 11.6 Å². The number of carboxylic acid groups (broad SMARTS) is 2. The second kappa shape index (κ2) is 5.58. The zero-order valence-electron chi connectivity index (χ0n) is 10.4. The fourth-order valence-electron chi connectivity index (χ4n) is 1.84. The van der Waals surface area contributed by atoms with Gasteiger partial charge in [-0.1, -0.05) is 12.1 Å². The van der Waals surface area contributed by atoms with Gasteiger partial charge in [-0.15, -0.1) is 0 Å². The maximum absolute atomic E-state index is 13.5. The first-order valence-electron chi connectivity index (χ1n) is 5.72. The molecule has 0 aromatic heterocycles. The maximum Gasteiger partial charge on any atom is 0.340 e. The SMILES string of the molecule is O=C(O)c1c(F)cccc1Nc1cccc(F)c1C(=O)O. The first-order valence-corrected chi connectivity index (χ1v) is 5.72. The molecule has 2 rings (SSSR count). The molecular formula is C14H9F2NO4. The van der Waals surface area contributed by atoms with Gasteiger partial charge in [0.05, 0.1) is 11.4 Å². The summed E-state index contributed by atoms with van der Waals surface area (Å²) in [6.45, 7) is 0. The molecule has 0 atom stereocenters. The quantitative estimate of drug-likeness (QED) is 0.806. The van der Waals surface area contributed by atoms with Crippen LogP contribution in [-0.2, 0) is 0 Å². The summed E-state index contributed by atoms with van der Waals surface area (Å²) in [7, 11) is 0. The van der Waals surface area contributed by atoms with E-state index in [1.165, 1.54) is 24.3 Å². The molecule has 3 N–H and O–H groups in total. The van der Waals surface area contributed by atoms with Crippen LogP contribution in [0.15, 0.2) is 36.4 Å². The van der Waals surface area contributed by atoms with Gasteiger partial charge in [0.15, 0.2) is 0 Å². The van der Waals surface area contributed by atoms with Gasteiger partial charge in [0.25, 0.3) is 0 Å². The van der Waals surface area contributed by atoms with E-state index in [4.69, 9.17) is 10.2 Å². The van der Waals surface area contributed by atoms with E-state index in [-0.39, 0.29) is 11.4 Å². The van der Waals surface area contributed by atoms with Gasteiger partial charge >= 0.3 is 11.9 Å². The normalized spacial score (nSPS) is 10.2. The first kappa shape index (κ1) is 14.4. The van der Waals surface area contributed by atoms with E-state index in [2.05, 4.69) is 5.32 Å². The van der Waals surface area contributed by atoms with Crippen LogP contribution in [0.1, 0.15) is 20.7 Å². The summed E-state index contributed by atoms with van der Waals surface area (Å²) in [5, 5.41) is 20.4. The number of aromatic carboxylic acids is 2. The molecule has 0 saturated heterocycles. The summed E-state index contributed by atoms with van der Waals surface area (Å²) >= 11 is 0. The average molecular weight is 293 g/mol. The number of anilines is 2. The molecule has 0 heterocycles. The number of hydrogen-bond acceptors (Lipinski definition) is 3. The summed E-state index contributed by atoms with van der Waals surface area (Å²) in [6.07, 6.45) is 0. The Morgan fingerprint density at radius 3 is 1.52 bits per heavy atom. The van der Waals surface area contributed by atoms with Crippen molar-refractivity contribution in [2.45, 2.75) is 0 Å². The van der Waals surface area contributed by atoms with Crippen LogP contribution in [0.5, 0.6) is 0 Å². The molecule has 0 spiro atoms. The molecule has 7 heteroatoms. The van der Waals surface area contributed by atoms with E-state index in [0.717, 1.165) is 12.1 Å². The van der Waals surface area contributed by atoms with Gasteiger partial charge in [0.1, 0.15) is 22.8 Å². The number of hydrogen-bond donors (Lipinski definition) is 3. The van der Waals surface area contributed by atoms with Gasteiger partial charge < -0.3 is 15.5 Å². The minimum absolute atomic E-state index is 0.171. The average Bonchev–Trinajstić information content (AvgIpc) is 2.37. The molecule has 0 unspecified atom stereocenters. The van der Waals surface area contributed by atoms with Crippen molar-refractivity contribution < 1.29 is 28.6 Å². The summed E-state index contributed by atoms with van der Waals surface area (Å²) < 4.78 is 27.1. The Kier molecular flexibility index (Phi) is 3.84. The van der Waals surface area contributed by atoms with E-state index < -0.39 is 34.7 Å². The Bertz CT molecular complexity index is 669. The van der Waals surface area contributed by atoms with E-state index in [1.54, 1.807) is 0 Å². The molecule has 0 aliphatic rings. The number of nitrogens with one attached hydrogen (secondary N) is 1. The Balaban J connectivity index is 2.54. The highest BCUT2D eigenvalue weighted by molar-refractivity contribution is 5.99. The minimum Gasteiger partial charge on any atom is -0.478 e. The van der Waals surface area contributed by atoms with Crippen molar-refractivity contribution in [3.63, 3.8) is 0 Å². The number of carbonyl (C=O) groups is 2. The molecule has 108 valence electrons. The Morgan fingerprint density at radius 2 is 1.19 bits per heavy atom. The second-order valence-electron chi connectivity index (χ2n) is 4.06. The lowest BCUT2D eigenvalue weighted by Gasteiger charge is -2.12. The number of carboxylic acids is 2. The van der Waals surface area contributed by atoms with Crippen molar-refractivity contribution in [3.05, 3.63) is 59.2 Å². The molecule has 0 bridgehead atoms. The third kappa shape index (κ3) is 2.81. The summed E-state index contributed by atoms with van der Waals surface area (Å²) in [6, 6.07) is 6.93. The number of halogens is 2. The molecule has 0 amide bonds. The van der Waals surface area contributed by atoms with Gasteiger partial charge in [-0.25, -0.2) is 18.4 Å². The highest BCUT2D eigenvalue weighted by Gasteiger charge is 2.20. The Hall–Kier alpha value is -2.96. The van der Waals surface area contributed by atoms with Crippen molar-refractivity contribution in [3.8, 4) is 0 Å². The minimum atomic E-state index is -1.52. The second-order valence-corrected chi connectivity index (χ2v) is 4.06. The molecule has 0 aliphatic carbocycles. The molecule has 5 nitrogen and oxygen atoms in total. The van der Waals surface area contributed by atoms with Crippen LogP contribution in [0.2, 0.25) is 0 Å². The predicted molar refractivity (Wildman–Crippen MR) is 70.0 cm³/mol. The van der Waals surface area contributed by atoms with Gasteiger partial charge in [-0.3, -0.25) is 0 Å². The molecule has 2 aromatic carbocycles. The molecule has 0 radical (unpaired) electrons. The highest BCUT2D eigenvalue weighted by Crippen LogP contribution is 2.27. The van der Waals surface area contributed by atoms with Gasteiger partial charge in [0.2, 0.25) is 0 Å². The van der Waals surface area contributed by atoms with E-state index in [1.807, 2.05) is 0 Å². The van der Waals surface area contributed by atoms with Crippen LogP contribution in [0.25, 0.3) is 0 Å². The van der Waals surface area contributed by atoms with Crippen molar-refractivity contribution in [1.29, 1.82) is 0 Å². The van der Waals surface area contributed by atoms with Crippen LogP contribution in [0.3, 0.4) is 0 Å². The van der Waals surface area contributed by atoms with Crippen LogP contribution in [-0.4, -0.2) is 22.2 Å². The summed E-state index contributed by atoms with van der Waals surface area (Å²) in [5.74, 6) is -5.02. The van der Waals surface area contributed by atoms with Crippen molar-refractivity contribution in [2.75, 3.05) is 5.32 Å². The zero-order chi connectivity index (χ0) is 15.6. The molecular weight excluding hydrogens is 284 g/mol. The fraction of sp³-hybridized carbons (Fsp3) is 0. The zero-order valence-corrected chi connectivity index (χ0v) is 10.4. The van der Waals surface area contributed by atoms with E-state index in [0.29, 0.717) is 0 Å². The van der Waals surface area contributed by atoms with Gasteiger partial charge in [-0.05, 0) is 24.3 Å². The molecule has 0 aliphatic heterocycles. The summed E-state index contributed by atoms with van der Waals surface area (Å²) in [5.41, 5.74) is -1.65. The Morgan fingerprint density at radius 1 is 0.810 bits per heavy atom. The summed E-state index contributed by atoms with van der Waals surface area (Å²) in [4.78, 5) is 22.1. The lowest BCUT2D eigenvalue weighted by atomic mass is 10.1. The van der Waals surface area contributed by atoms with E-state index in [9.17, 15) is 18.4 Å². The van der Waals surface area contributed by atoms with Crippen LogP contribution >= 0.6 is 0 Å². The lowest BCUT2D eigenvalue weighted by molar-refractivity contribution is 0.0682. The smallest absolute Gasteiger partial charge is 0.340 e. The monoisotopic (exact) mass is 293 g/mol. The van der Waals surface area contributed by atoms with E-state index >= 15 is 0 Å². The van der Waals surface area contributed by atoms with Crippen molar-refractivity contribution in [2.24, 2.45) is 0 Å². The van der Waals surface area contributed by atoms with Crippen LogP contribution < -0.4 is 5.32 Å². The van der Waals surface area contributed by atoms with Crippen molar-refractivity contribution in [1.82, 2.24) is 0 Å². The number of benzene rings is 2. The predicted octanol–water partition coefficient (Wildman–Crippen LogP) is 3.10. The van der Waals surface area contributed by atoms with Gasteiger partial charge in [0, 0.05) is 0 Å². The van der Waals surface area contributed by atoms with Gasteiger partial charge in [-0.2, -0.15) is 0 Å².